The largest absolute Gasteiger partial charge is 0.390 e. The van der Waals surface area contributed by atoms with Crippen LogP contribution in [0.25, 0.3) is 0 Å². The molecule has 0 fully saturated rings. The Bertz CT molecular complexity index is 315. The molecule has 0 saturated heterocycles. The van der Waals surface area contributed by atoms with Gasteiger partial charge in [-0.05, 0) is 35.9 Å². The van der Waals surface area contributed by atoms with Gasteiger partial charge in [0.1, 0.15) is 6.10 Å². The average molecular weight is 312 g/mol. The molecule has 0 aliphatic carbocycles. The normalized spacial score (nSPS) is 15.0. The number of benzene rings is 1. The Balaban J connectivity index is 2.85. The van der Waals surface area contributed by atoms with Crippen molar-refractivity contribution in [3.8, 4) is 0 Å². The van der Waals surface area contributed by atoms with E-state index in [9.17, 15) is 10.2 Å². The summed E-state index contributed by atoms with van der Waals surface area (Å²) >= 11 is 13.1. The molecule has 1 aromatic carbocycles. The van der Waals surface area contributed by atoms with E-state index >= 15 is 0 Å². The zero-order valence-corrected chi connectivity index (χ0v) is 11.1. The van der Waals surface area contributed by atoms with Crippen LogP contribution in [-0.2, 0) is 0 Å². The van der Waals surface area contributed by atoms with Crippen LogP contribution in [0.15, 0.2) is 22.7 Å². The van der Waals surface area contributed by atoms with Crippen LogP contribution in [0.1, 0.15) is 18.1 Å². The zero-order chi connectivity index (χ0) is 11.4. The van der Waals surface area contributed by atoms with Crippen LogP contribution in [0, 0.1) is 0 Å². The zero-order valence-electron chi connectivity index (χ0n) is 7.90. The first-order valence-corrected chi connectivity index (χ1v) is 6.28. The van der Waals surface area contributed by atoms with E-state index in [1.165, 1.54) is 0 Å². The molecule has 2 atom stereocenters. The number of rotatable bonds is 4. The van der Waals surface area contributed by atoms with Gasteiger partial charge in [-0.1, -0.05) is 27.5 Å². The molecule has 0 aliphatic heterocycles. The highest BCUT2D eigenvalue weighted by molar-refractivity contribution is 9.10. The summed E-state index contributed by atoms with van der Waals surface area (Å²) in [7, 11) is 0. The van der Waals surface area contributed by atoms with Gasteiger partial charge in [0.15, 0.2) is 0 Å². The van der Waals surface area contributed by atoms with E-state index in [0.29, 0.717) is 22.8 Å². The standard InChI is InChI=1S/C10H12BrClO2S/c11-7-3-6(4-8(12)5-7)10(14)9(13)1-2-15/h3-5,9-10,13-15H,1-2H2. The number of aliphatic hydroxyl groups excluding tert-OH is 2. The third-order valence-corrected chi connectivity index (χ3v) is 2.95. The SMILES string of the molecule is OC(CCS)C(O)c1cc(Cl)cc(Br)c1. The van der Waals surface area contributed by atoms with E-state index in [4.69, 9.17) is 11.6 Å². The number of thiol groups is 1. The Labute approximate surface area is 108 Å². The van der Waals surface area contributed by atoms with Crippen molar-refractivity contribution in [1.29, 1.82) is 0 Å². The van der Waals surface area contributed by atoms with Gasteiger partial charge in [0.2, 0.25) is 0 Å². The summed E-state index contributed by atoms with van der Waals surface area (Å²) in [5, 5.41) is 19.9. The van der Waals surface area contributed by atoms with Crippen LogP contribution < -0.4 is 0 Å². The van der Waals surface area contributed by atoms with Crippen LogP contribution in [0.2, 0.25) is 5.02 Å². The minimum absolute atomic E-state index is 0.439. The highest BCUT2D eigenvalue weighted by Gasteiger charge is 2.18. The Morgan fingerprint density at radius 1 is 1.33 bits per heavy atom. The lowest BCUT2D eigenvalue weighted by Crippen LogP contribution is -2.18. The van der Waals surface area contributed by atoms with Crippen LogP contribution in [0.3, 0.4) is 0 Å². The van der Waals surface area contributed by atoms with Crippen LogP contribution in [-0.4, -0.2) is 22.1 Å². The predicted molar refractivity (Wildman–Crippen MR) is 68.6 cm³/mol. The minimum atomic E-state index is -0.924. The number of aliphatic hydroxyl groups is 2. The number of hydrogen-bond donors (Lipinski definition) is 3. The summed E-state index contributed by atoms with van der Waals surface area (Å²) in [5.41, 5.74) is 0.601. The second-order valence-corrected chi connectivity index (χ2v) is 5.03. The molecule has 5 heteroatoms. The van der Waals surface area contributed by atoms with Gasteiger partial charge in [-0.25, -0.2) is 0 Å². The molecule has 2 nitrogen and oxygen atoms in total. The number of hydrogen-bond acceptors (Lipinski definition) is 3. The lowest BCUT2D eigenvalue weighted by atomic mass is 10.0. The summed E-state index contributed by atoms with van der Waals surface area (Å²) in [6.45, 7) is 0. The van der Waals surface area contributed by atoms with E-state index in [0.717, 1.165) is 4.47 Å². The second kappa shape index (κ2) is 6.11. The van der Waals surface area contributed by atoms with Gasteiger partial charge in [0, 0.05) is 9.50 Å². The van der Waals surface area contributed by atoms with Gasteiger partial charge in [-0.2, -0.15) is 12.6 Å². The van der Waals surface area contributed by atoms with Gasteiger partial charge >= 0.3 is 0 Å². The van der Waals surface area contributed by atoms with Crippen molar-refractivity contribution in [2.24, 2.45) is 0 Å². The maximum absolute atomic E-state index is 9.81. The Morgan fingerprint density at radius 3 is 2.53 bits per heavy atom. The van der Waals surface area contributed by atoms with Gasteiger partial charge in [0.25, 0.3) is 0 Å². The smallest absolute Gasteiger partial charge is 0.105 e. The van der Waals surface area contributed by atoms with Crippen LogP contribution in [0.4, 0.5) is 0 Å². The van der Waals surface area contributed by atoms with Crippen LogP contribution >= 0.6 is 40.2 Å². The molecule has 2 unspecified atom stereocenters. The maximum Gasteiger partial charge on any atom is 0.105 e. The molecule has 2 N–H and O–H groups in total. The molecular weight excluding hydrogens is 300 g/mol. The van der Waals surface area contributed by atoms with E-state index in [1.807, 2.05) is 0 Å². The maximum atomic E-state index is 9.81. The Morgan fingerprint density at radius 2 is 2.00 bits per heavy atom. The fourth-order valence-electron chi connectivity index (χ4n) is 1.26. The molecule has 0 bridgehead atoms. The molecule has 0 spiro atoms. The van der Waals surface area contributed by atoms with Gasteiger partial charge in [-0.15, -0.1) is 0 Å². The fourth-order valence-corrected chi connectivity index (χ4v) is 2.41. The molecular formula is C10H12BrClO2S. The summed E-state index contributed by atoms with van der Waals surface area (Å²) < 4.78 is 0.780. The lowest BCUT2D eigenvalue weighted by Gasteiger charge is -2.17. The van der Waals surface area contributed by atoms with Gasteiger partial charge < -0.3 is 10.2 Å². The Kier molecular flexibility index (Phi) is 5.43. The monoisotopic (exact) mass is 310 g/mol. The lowest BCUT2D eigenvalue weighted by molar-refractivity contribution is 0.0172. The first kappa shape index (κ1) is 13.3. The van der Waals surface area contributed by atoms with E-state index in [1.54, 1.807) is 18.2 Å². The molecule has 0 heterocycles. The fraction of sp³-hybridized carbons (Fsp3) is 0.400. The third kappa shape index (κ3) is 3.96. The van der Waals surface area contributed by atoms with Crippen molar-refractivity contribution in [1.82, 2.24) is 0 Å². The van der Waals surface area contributed by atoms with Crippen molar-refractivity contribution in [2.45, 2.75) is 18.6 Å². The van der Waals surface area contributed by atoms with Crippen molar-refractivity contribution in [3.05, 3.63) is 33.3 Å². The summed E-state index contributed by atoms with van der Waals surface area (Å²) in [6, 6.07) is 5.10. The topological polar surface area (TPSA) is 40.5 Å². The minimum Gasteiger partial charge on any atom is -0.390 e. The summed E-state index contributed by atoms with van der Waals surface area (Å²) in [6.07, 6.45) is -1.30. The molecule has 0 aromatic heterocycles. The average Bonchev–Trinajstić information content (AvgIpc) is 2.15. The van der Waals surface area contributed by atoms with Gasteiger partial charge in [-0.3, -0.25) is 0 Å². The van der Waals surface area contributed by atoms with Gasteiger partial charge in [0.05, 0.1) is 6.10 Å². The van der Waals surface area contributed by atoms with E-state index in [-0.39, 0.29) is 0 Å². The first-order chi connectivity index (χ1) is 7.04. The first-order valence-electron chi connectivity index (χ1n) is 4.47. The quantitative estimate of drug-likeness (QED) is 0.748. The highest BCUT2D eigenvalue weighted by atomic mass is 79.9. The molecule has 0 aliphatic rings. The van der Waals surface area contributed by atoms with Crippen LogP contribution in [0.5, 0.6) is 0 Å². The molecule has 1 rings (SSSR count). The summed E-state index contributed by atoms with van der Waals surface area (Å²) in [5.74, 6) is 0.528. The molecule has 0 radical (unpaired) electrons. The molecule has 0 saturated carbocycles. The van der Waals surface area contributed by atoms with Crippen molar-refractivity contribution in [2.75, 3.05) is 5.75 Å². The Hall–Kier alpha value is 0.260. The van der Waals surface area contributed by atoms with E-state index in [2.05, 4.69) is 28.6 Å². The van der Waals surface area contributed by atoms with Crippen molar-refractivity contribution < 1.29 is 10.2 Å². The summed E-state index contributed by atoms with van der Waals surface area (Å²) in [4.78, 5) is 0. The molecule has 1 aromatic rings. The van der Waals surface area contributed by atoms with E-state index < -0.39 is 12.2 Å². The predicted octanol–water partition coefficient (Wildman–Crippen LogP) is 2.82. The third-order valence-electron chi connectivity index (χ3n) is 2.02. The van der Waals surface area contributed by atoms with Crippen molar-refractivity contribution in [3.63, 3.8) is 0 Å². The second-order valence-electron chi connectivity index (χ2n) is 3.23. The molecule has 0 amide bonds. The molecule has 84 valence electrons. The van der Waals surface area contributed by atoms with Crippen molar-refractivity contribution >= 4 is 40.2 Å². The highest BCUT2D eigenvalue weighted by Crippen LogP contribution is 2.26. The molecule has 15 heavy (non-hydrogen) atoms. The number of halogens is 2.